The SMILES string of the molecule is O[C@@H]1CCCC[C@H]1Nc1ncns1. The van der Waals surface area contributed by atoms with Crippen LogP contribution >= 0.6 is 11.5 Å². The molecule has 1 aromatic heterocycles. The Morgan fingerprint density at radius 2 is 2.31 bits per heavy atom. The van der Waals surface area contributed by atoms with Gasteiger partial charge in [0.15, 0.2) is 0 Å². The Labute approximate surface area is 81.2 Å². The lowest BCUT2D eigenvalue weighted by atomic mass is 9.93. The predicted molar refractivity (Wildman–Crippen MR) is 51.8 cm³/mol. The Balaban J connectivity index is 1.93. The second kappa shape index (κ2) is 4.02. The van der Waals surface area contributed by atoms with Gasteiger partial charge in [-0.2, -0.15) is 4.37 Å². The van der Waals surface area contributed by atoms with Crippen molar-refractivity contribution >= 4 is 16.7 Å². The van der Waals surface area contributed by atoms with Crippen LogP contribution in [0, 0.1) is 0 Å². The molecule has 4 nitrogen and oxygen atoms in total. The fourth-order valence-corrected chi connectivity index (χ4v) is 2.17. The minimum atomic E-state index is -0.224. The van der Waals surface area contributed by atoms with E-state index in [-0.39, 0.29) is 12.1 Å². The number of hydrogen-bond donors (Lipinski definition) is 2. The van der Waals surface area contributed by atoms with E-state index in [2.05, 4.69) is 14.7 Å². The molecule has 1 saturated carbocycles. The molecule has 5 heteroatoms. The average molecular weight is 199 g/mol. The van der Waals surface area contributed by atoms with E-state index in [9.17, 15) is 5.11 Å². The summed E-state index contributed by atoms with van der Waals surface area (Å²) in [6, 6.07) is 0.168. The molecule has 0 aliphatic heterocycles. The van der Waals surface area contributed by atoms with Crippen LogP contribution < -0.4 is 5.32 Å². The number of anilines is 1. The van der Waals surface area contributed by atoms with Crippen LogP contribution in [0.25, 0.3) is 0 Å². The van der Waals surface area contributed by atoms with Gasteiger partial charge in [0.1, 0.15) is 6.33 Å². The van der Waals surface area contributed by atoms with Gasteiger partial charge in [0.25, 0.3) is 0 Å². The van der Waals surface area contributed by atoms with E-state index in [4.69, 9.17) is 0 Å². The van der Waals surface area contributed by atoms with Crippen molar-refractivity contribution in [1.29, 1.82) is 0 Å². The maximum atomic E-state index is 9.66. The summed E-state index contributed by atoms with van der Waals surface area (Å²) in [5, 5.41) is 13.7. The van der Waals surface area contributed by atoms with Crippen molar-refractivity contribution in [1.82, 2.24) is 9.36 Å². The summed E-state index contributed by atoms with van der Waals surface area (Å²) in [5.41, 5.74) is 0. The van der Waals surface area contributed by atoms with Gasteiger partial charge in [0.2, 0.25) is 5.13 Å². The molecular formula is C8H13N3OS. The molecular weight excluding hydrogens is 186 g/mol. The van der Waals surface area contributed by atoms with Crippen molar-refractivity contribution < 1.29 is 5.11 Å². The zero-order valence-corrected chi connectivity index (χ0v) is 8.13. The zero-order valence-electron chi connectivity index (χ0n) is 7.31. The lowest BCUT2D eigenvalue weighted by Gasteiger charge is -2.27. The van der Waals surface area contributed by atoms with Crippen molar-refractivity contribution in [3.63, 3.8) is 0 Å². The van der Waals surface area contributed by atoms with Crippen molar-refractivity contribution in [2.45, 2.75) is 37.8 Å². The van der Waals surface area contributed by atoms with E-state index in [1.165, 1.54) is 24.3 Å². The van der Waals surface area contributed by atoms with Gasteiger partial charge >= 0.3 is 0 Å². The Kier molecular flexibility index (Phi) is 2.75. The molecule has 1 aromatic rings. The summed E-state index contributed by atoms with van der Waals surface area (Å²) in [6.07, 6.45) is 5.56. The molecule has 0 amide bonds. The van der Waals surface area contributed by atoms with Gasteiger partial charge in [0, 0.05) is 11.5 Å². The summed E-state index contributed by atoms with van der Waals surface area (Å²) < 4.78 is 3.90. The first-order valence-corrected chi connectivity index (χ1v) is 5.35. The second-order valence-electron chi connectivity index (χ2n) is 3.35. The molecule has 13 heavy (non-hydrogen) atoms. The summed E-state index contributed by atoms with van der Waals surface area (Å²) in [6.45, 7) is 0. The smallest absolute Gasteiger partial charge is 0.202 e. The normalized spacial score (nSPS) is 28.7. The molecule has 0 spiro atoms. The highest BCUT2D eigenvalue weighted by Gasteiger charge is 2.23. The van der Waals surface area contributed by atoms with Crippen LogP contribution in [0.2, 0.25) is 0 Å². The molecule has 72 valence electrons. The fraction of sp³-hybridized carbons (Fsp3) is 0.750. The first kappa shape index (κ1) is 8.90. The Hall–Kier alpha value is -0.680. The van der Waals surface area contributed by atoms with Crippen LogP contribution in [-0.4, -0.2) is 26.6 Å². The van der Waals surface area contributed by atoms with Crippen molar-refractivity contribution in [2.75, 3.05) is 5.32 Å². The van der Waals surface area contributed by atoms with E-state index < -0.39 is 0 Å². The van der Waals surface area contributed by atoms with E-state index in [1.807, 2.05) is 0 Å². The maximum absolute atomic E-state index is 9.66. The molecule has 0 aromatic carbocycles. The molecule has 2 N–H and O–H groups in total. The lowest BCUT2D eigenvalue weighted by molar-refractivity contribution is 0.116. The highest BCUT2D eigenvalue weighted by atomic mass is 32.1. The Morgan fingerprint density at radius 3 is 3.00 bits per heavy atom. The number of aromatic nitrogens is 2. The van der Waals surface area contributed by atoms with Crippen molar-refractivity contribution in [3.05, 3.63) is 6.33 Å². The largest absolute Gasteiger partial charge is 0.391 e. The number of nitrogens with zero attached hydrogens (tertiary/aromatic N) is 2. The topological polar surface area (TPSA) is 58.0 Å². The first-order valence-electron chi connectivity index (χ1n) is 4.57. The van der Waals surface area contributed by atoms with E-state index in [0.717, 1.165) is 24.4 Å². The van der Waals surface area contributed by atoms with Crippen LogP contribution in [0.5, 0.6) is 0 Å². The molecule has 0 saturated heterocycles. The molecule has 2 atom stereocenters. The average Bonchev–Trinajstić information content (AvgIpc) is 2.61. The number of rotatable bonds is 2. The molecule has 0 radical (unpaired) electrons. The van der Waals surface area contributed by atoms with E-state index in [1.54, 1.807) is 0 Å². The van der Waals surface area contributed by atoms with Crippen molar-refractivity contribution in [2.24, 2.45) is 0 Å². The quantitative estimate of drug-likeness (QED) is 0.752. The second-order valence-corrected chi connectivity index (χ2v) is 4.13. The molecule has 1 aliphatic carbocycles. The van der Waals surface area contributed by atoms with Gasteiger partial charge in [-0.3, -0.25) is 0 Å². The van der Waals surface area contributed by atoms with Crippen LogP contribution in [0.4, 0.5) is 5.13 Å². The molecule has 0 bridgehead atoms. The minimum Gasteiger partial charge on any atom is -0.391 e. The number of nitrogens with one attached hydrogen (secondary N) is 1. The number of hydrogen-bond acceptors (Lipinski definition) is 5. The van der Waals surface area contributed by atoms with E-state index >= 15 is 0 Å². The molecule has 0 unspecified atom stereocenters. The highest BCUT2D eigenvalue weighted by molar-refractivity contribution is 7.09. The van der Waals surface area contributed by atoms with Gasteiger partial charge in [0.05, 0.1) is 12.1 Å². The van der Waals surface area contributed by atoms with Crippen LogP contribution in [-0.2, 0) is 0 Å². The zero-order chi connectivity index (χ0) is 9.10. The Morgan fingerprint density at radius 1 is 1.46 bits per heavy atom. The van der Waals surface area contributed by atoms with Crippen LogP contribution in [0.15, 0.2) is 6.33 Å². The number of aliphatic hydroxyl groups excluding tert-OH is 1. The molecule has 1 fully saturated rings. The standard InChI is InChI=1S/C8H13N3OS/c12-7-4-2-1-3-6(7)11-8-9-5-10-13-8/h5-7,12H,1-4H2,(H,9,10,11)/t6-,7-/m1/s1. The Bertz CT molecular complexity index is 252. The van der Waals surface area contributed by atoms with Gasteiger partial charge in [-0.15, -0.1) is 0 Å². The monoisotopic (exact) mass is 199 g/mol. The van der Waals surface area contributed by atoms with Gasteiger partial charge in [-0.1, -0.05) is 12.8 Å². The summed E-state index contributed by atoms with van der Waals surface area (Å²) >= 11 is 1.34. The third-order valence-electron chi connectivity index (χ3n) is 2.40. The van der Waals surface area contributed by atoms with Crippen LogP contribution in [0.3, 0.4) is 0 Å². The van der Waals surface area contributed by atoms with Gasteiger partial charge in [-0.25, -0.2) is 4.98 Å². The maximum Gasteiger partial charge on any atom is 0.202 e. The number of aliphatic hydroxyl groups is 1. The molecule has 1 aliphatic rings. The fourth-order valence-electron chi connectivity index (χ4n) is 1.67. The highest BCUT2D eigenvalue weighted by Crippen LogP contribution is 2.22. The molecule has 2 rings (SSSR count). The third-order valence-corrected chi connectivity index (χ3v) is 3.00. The third kappa shape index (κ3) is 2.16. The molecule has 1 heterocycles. The van der Waals surface area contributed by atoms with E-state index in [0.29, 0.717) is 0 Å². The van der Waals surface area contributed by atoms with Crippen molar-refractivity contribution in [3.8, 4) is 0 Å². The summed E-state index contributed by atoms with van der Waals surface area (Å²) in [7, 11) is 0. The minimum absolute atomic E-state index is 0.168. The van der Waals surface area contributed by atoms with Crippen LogP contribution in [0.1, 0.15) is 25.7 Å². The lowest BCUT2D eigenvalue weighted by Crippen LogP contribution is -2.36. The van der Waals surface area contributed by atoms with Gasteiger partial charge < -0.3 is 10.4 Å². The predicted octanol–water partition coefficient (Wildman–Crippen LogP) is 1.25. The summed E-state index contributed by atoms with van der Waals surface area (Å²) in [4.78, 5) is 4.03. The summed E-state index contributed by atoms with van der Waals surface area (Å²) in [5.74, 6) is 0. The first-order chi connectivity index (χ1) is 6.36. The van der Waals surface area contributed by atoms with Gasteiger partial charge in [-0.05, 0) is 12.8 Å².